The van der Waals surface area contributed by atoms with Crippen molar-refractivity contribution in [3.63, 3.8) is 0 Å². The van der Waals surface area contributed by atoms with Crippen LogP contribution in [0, 0.1) is 28.1 Å². The lowest BCUT2D eigenvalue weighted by Crippen LogP contribution is -2.54. The smallest absolute Gasteiger partial charge is 0.309 e. The zero-order valence-corrected chi connectivity index (χ0v) is 14.3. The highest BCUT2D eigenvalue weighted by molar-refractivity contribution is 5.75. The van der Waals surface area contributed by atoms with Gasteiger partial charge >= 0.3 is 5.97 Å². The van der Waals surface area contributed by atoms with Gasteiger partial charge in [0, 0.05) is 5.41 Å². The molecule has 2 fully saturated rings. The van der Waals surface area contributed by atoms with Gasteiger partial charge in [-0.2, -0.15) is 0 Å². The number of aliphatic carboxylic acids is 1. The van der Waals surface area contributed by atoms with Gasteiger partial charge in [-0.15, -0.1) is 6.58 Å². The number of hydrogen-bond acceptors (Lipinski definition) is 1. The standard InChI is InChI=1S/C20H30O2/c1-5-18(2)12-9-15-14(13-18)7-8-16-19(15,3)10-6-11-20(16,4)17(21)22/h5,13,15-16H,1,6-12H2,2-4H3,(H,21,22)/t15-,16?,18+,19+,20-/m0/s1. The quantitative estimate of drug-likeness (QED) is 0.711. The molecule has 3 aliphatic carbocycles. The molecular weight excluding hydrogens is 272 g/mol. The van der Waals surface area contributed by atoms with E-state index in [2.05, 4.69) is 32.6 Å². The molecule has 2 saturated carbocycles. The number of carbonyl (C=O) groups is 1. The third-order valence-electron chi connectivity index (χ3n) is 7.38. The van der Waals surface area contributed by atoms with Gasteiger partial charge in [-0.25, -0.2) is 0 Å². The summed E-state index contributed by atoms with van der Waals surface area (Å²) < 4.78 is 0. The Balaban J connectivity index is 1.99. The van der Waals surface area contributed by atoms with E-state index in [0.29, 0.717) is 11.8 Å². The summed E-state index contributed by atoms with van der Waals surface area (Å²) in [6, 6.07) is 0. The third-order valence-corrected chi connectivity index (χ3v) is 7.38. The van der Waals surface area contributed by atoms with Gasteiger partial charge in [-0.05, 0) is 62.7 Å². The predicted octanol–water partition coefficient (Wildman–Crippen LogP) is 5.21. The molecule has 1 N–H and O–H groups in total. The van der Waals surface area contributed by atoms with Gasteiger partial charge in [-0.1, -0.05) is 38.0 Å². The average Bonchev–Trinajstić information content (AvgIpc) is 2.46. The minimum atomic E-state index is -0.581. The lowest BCUT2D eigenvalue weighted by Gasteiger charge is -2.59. The molecule has 3 aliphatic rings. The van der Waals surface area contributed by atoms with Crippen molar-refractivity contribution in [3.05, 3.63) is 24.3 Å². The second kappa shape index (κ2) is 4.97. The molecule has 122 valence electrons. The zero-order chi connectivity index (χ0) is 16.2. The fourth-order valence-electron chi connectivity index (χ4n) is 5.94. The lowest BCUT2D eigenvalue weighted by molar-refractivity contribution is -0.164. The fourth-order valence-corrected chi connectivity index (χ4v) is 5.94. The lowest BCUT2D eigenvalue weighted by atomic mass is 9.45. The van der Waals surface area contributed by atoms with Crippen molar-refractivity contribution in [1.29, 1.82) is 0 Å². The largest absolute Gasteiger partial charge is 0.481 e. The summed E-state index contributed by atoms with van der Waals surface area (Å²) in [5.74, 6) is 0.322. The molecule has 0 heterocycles. The number of rotatable bonds is 2. The van der Waals surface area contributed by atoms with Crippen LogP contribution in [-0.4, -0.2) is 11.1 Å². The van der Waals surface area contributed by atoms with Crippen LogP contribution in [0.5, 0.6) is 0 Å². The van der Waals surface area contributed by atoms with Crippen LogP contribution in [0.25, 0.3) is 0 Å². The van der Waals surface area contributed by atoms with Crippen LogP contribution >= 0.6 is 0 Å². The highest BCUT2D eigenvalue weighted by Gasteiger charge is 2.58. The molecule has 0 aromatic rings. The van der Waals surface area contributed by atoms with E-state index in [1.165, 1.54) is 12.8 Å². The monoisotopic (exact) mass is 302 g/mol. The molecule has 0 saturated heterocycles. The topological polar surface area (TPSA) is 37.3 Å². The Morgan fingerprint density at radius 2 is 2.00 bits per heavy atom. The van der Waals surface area contributed by atoms with Gasteiger partial charge in [0.2, 0.25) is 0 Å². The molecule has 2 heteroatoms. The molecule has 0 amide bonds. The van der Waals surface area contributed by atoms with E-state index >= 15 is 0 Å². The maximum atomic E-state index is 12.0. The maximum absolute atomic E-state index is 12.0. The summed E-state index contributed by atoms with van der Waals surface area (Å²) in [4.78, 5) is 12.0. The highest BCUT2D eigenvalue weighted by Crippen LogP contribution is 2.63. The van der Waals surface area contributed by atoms with Crippen molar-refractivity contribution in [2.24, 2.45) is 28.1 Å². The Morgan fingerprint density at radius 1 is 1.27 bits per heavy atom. The van der Waals surface area contributed by atoms with Gasteiger partial charge in [0.05, 0.1) is 5.41 Å². The van der Waals surface area contributed by atoms with Gasteiger partial charge in [0.15, 0.2) is 0 Å². The Hall–Kier alpha value is -1.05. The van der Waals surface area contributed by atoms with Crippen LogP contribution in [0.3, 0.4) is 0 Å². The van der Waals surface area contributed by atoms with Crippen molar-refractivity contribution in [2.45, 2.75) is 65.7 Å². The minimum absolute atomic E-state index is 0.139. The molecule has 0 aromatic carbocycles. The highest BCUT2D eigenvalue weighted by atomic mass is 16.4. The summed E-state index contributed by atoms with van der Waals surface area (Å²) in [5.41, 5.74) is 1.36. The fraction of sp³-hybridized carbons (Fsp3) is 0.750. The molecule has 1 unspecified atom stereocenters. The van der Waals surface area contributed by atoms with Crippen molar-refractivity contribution in [3.8, 4) is 0 Å². The first kappa shape index (κ1) is 15.8. The maximum Gasteiger partial charge on any atom is 0.309 e. The summed E-state index contributed by atoms with van der Waals surface area (Å²) in [7, 11) is 0. The van der Waals surface area contributed by atoms with E-state index in [9.17, 15) is 9.90 Å². The molecule has 0 radical (unpaired) electrons. The van der Waals surface area contributed by atoms with Gasteiger partial charge in [0.25, 0.3) is 0 Å². The normalized spacial score (nSPS) is 47.9. The van der Waals surface area contributed by atoms with Crippen molar-refractivity contribution < 1.29 is 9.90 Å². The summed E-state index contributed by atoms with van der Waals surface area (Å²) in [6.45, 7) is 10.7. The van der Waals surface area contributed by atoms with Gasteiger partial charge in [0.1, 0.15) is 0 Å². The molecule has 0 bridgehead atoms. The number of carboxylic acids is 1. The third kappa shape index (κ3) is 2.10. The van der Waals surface area contributed by atoms with Crippen LogP contribution in [0.1, 0.15) is 65.7 Å². The minimum Gasteiger partial charge on any atom is -0.481 e. The number of hydrogen-bond donors (Lipinski definition) is 1. The summed E-state index contributed by atoms with van der Waals surface area (Å²) in [6.07, 6.45) is 12.1. The van der Waals surface area contributed by atoms with E-state index in [1.54, 1.807) is 5.57 Å². The second-order valence-corrected chi connectivity index (χ2v) is 8.69. The number of fused-ring (bicyclic) bond motifs is 3. The Kier molecular flexibility index (Phi) is 3.58. The Morgan fingerprint density at radius 3 is 2.64 bits per heavy atom. The second-order valence-electron chi connectivity index (χ2n) is 8.69. The number of carboxylic acid groups (broad SMARTS) is 1. The Labute approximate surface area is 134 Å². The molecule has 5 atom stereocenters. The van der Waals surface area contributed by atoms with Crippen LogP contribution in [0.4, 0.5) is 0 Å². The summed E-state index contributed by atoms with van der Waals surface area (Å²) in [5, 5.41) is 9.84. The van der Waals surface area contributed by atoms with Crippen molar-refractivity contribution >= 4 is 5.97 Å². The van der Waals surface area contributed by atoms with Crippen LogP contribution in [-0.2, 0) is 4.79 Å². The van der Waals surface area contributed by atoms with E-state index < -0.39 is 11.4 Å². The van der Waals surface area contributed by atoms with E-state index in [4.69, 9.17) is 0 Å². The van der Waals surface area contributed by atoms with Crippen molar-refractivity contribution in [1.82, 2.24) is 0 Å². The molecule has 0 aromatic heterocycles. The van der Waals surface area contributed by atoms with Gasteiger partial charge < -0.3 is 5.11 Å². The van der Waals surface area contributed by atoms with E-state index in [-0.39, 0.29) is 10.8 Å². The first-order valence-electron chi connectivity index (χ1n) is 8.84. The molecular formula is C20H30O2. The SMILES string of the molecule is C=C[C@@]1(C)C=C2CCC3[C@](C)(CCC[C@]3(C)C(=O)O)[C@H]2CC1. The van der Waals surface area contributed by atoms with E-state index in [0.717, 1.165) is 32.1 Å². The predicted molar refractivity (Wildman–Crippen MR) is 89.5 cm³/mol. The molecule has 22 heavy (non-hydrogen) atoms. The molecule has 3 rings (SSSR count). The van der Waals surface area contributed by atoms with Crippen LogP contribution in [0.2, 0.25) is 0 Å². The van der Waals surface area contributed by atoms with Crippen molar-refractivity contribution in [2.75, 3.05) is 0 Å². The molecule has 0 spiro atoms. The van der Waals surface area contributed by atoms with Crippen LogP contribution < -0.4 is 0 Å². The Bertz CT molecular complexity index is 534. The molecule has 0 aliphatic heterocycles. The average molecular weight is 302 g/mol. The first-order chi connectivity index (χ1) is 10.3. The molecule has 2 nitrogen and oxygen atoms in total. The van der Waals surface area contributed by atoms with Crippen LogP contribution in [0.15, 0.2) is 24.3 Å². The summed E-state index contributed by atoms with van der Waals surface area (Å²) >= 11 is 0. The van der Waals surface area contributed by atoms with Gasteiger partial charge in [-0.3, -0.25) is 4.79 Å². The zero-order valence-electron chi connectivity index (χ0n) is 14.3. The number of allylic oxidation sites excluding steroid dienone is 3. The first-order valence-corrected chi connectivity index (χ1v) is 8.84. The van der Waals surface area contributed by atoms with E-state index in [1.807, 2.05) is 6.92 Å².